The summed E-state index contributed by atoms with van der Waals surface area (Å²) in [6.45, 7) is 0. The van der Waals surface area contributed by atoms with Crippen molar-refractivity contribution in [3.8, 4) is 39.2 Å². The summed E-state index contributed by atoms with van der Waals surface area (Å²) in [5.41, 5.74) is 13.9. The molecule has 13 aromatic rings. The zero-order valence-corrected chi connectivity index (χ0v) is 32.6. The van der Waals surface area contributed by atoms with E-state index in [0.717, 1.165) is 33.6 Å². The normalized spacial score (nSPS) is 12.1. The Bertz CT molecular complexity index is 3760. The molecule has 0 aliphatic rings. The van der Waals surface area contributed by atoms with Crippen molar-refractivity contribution in [2.75, 3.05) is 0 Å². The minimum Gasteiger partial charge on any atom is -0.309 e. The number of benzene rings is 9. The molecule has 4 aromatic heterocycles. The lowest BCUT2D eigenvalue weighted by atomic mass is 9.98. The Balaban J connectivity index is 0.885. The molecule has 0 saturated heterocycles. The first-order chi connectivity index (χ1) is 29.2. The van der Waals surface area contributed by atoms with Gasteiger partial charge in [0.15, 0.2) is 5.65 Å². The maximum atomic E-state index is 5.43. The number of hydrogen-bond donors (Lipinski definition) is 0. The highest BCUT2D eigenvalue weighted by molar-refractivity contribution is 7.26. The van der Waals surface area contributed by atoms with Crippen molar-refractivity contribution in [2.24, 2.45) is 0 Å². The summed E-state index contributed by atoms with van der Waals surface area (Å²) < 4.78 is 7.26. The number of imidazole rings is 1. The molecule has 59 heavy (non-hydrogen) atoms. The molecule has 4 heteroatoms. The van der Waals surface area contributed by atoms with Gasteiger partial charge in [-0.3, -0.25) is 4.40 Å². The highest BCUT2D eigenvalue weighted by Crippen LogP contribution is 2.43. The smallest absolute Gasteiger partial charge is 0.156 e. The van der Waals surface area contributed by atoms with Crippen LogP contribution >= 0.6 is 11.3 Å². The summed E-state index contributed by atoms with van der Waals surface area (Å²) in [5.74, 6) is 0. The van der Waals surface area contributed by atoms with Crippen LogP contribution in [0, 0.1) is 0 Å². The van der Waals surface area contributed by atoms with Crippen LogP contribution in [0.3, 0.4) is 0 Å². The first kappa shape index (κ1) is 32.5. The first-order valence-electron chi connectivity index (χ1n) is 20.1. The predicted octanol–water partition coefficient (Wildman–Crippen LogP) is 15.3. The van der Waals surface area contributed by atoms with E-state index in [0.29, 0.717) is 0 Å². The third-order valence-electron chi connectivity index (χ3n) is 12.3. The van der Waals surface area contributed by atoms with Gasteiger partial charge >= 0.3 is 0 Å². The van der Waals surface area contributed by atoms with Crippen LogP contribution in [0.15, 0.2) is 200 Å². The van der Waals surface area contributed by atoms with Crippen molar-refractivity contribution in [2.45, 2.75) is 0 Å². The van der Waals surface area contributed by atoms with E-state index in [1.54, 1.807) is 0 Å². The van der Waals surface area contributed by atoms with Gasteiger partial charge in [-0.15, -0.1) is 11.3 Å². The minimum absolute atomic E-state index is 1.01. The van der Waals surface area contributed by atoms with E-state index in [9.17, 15) is 0 Å². The summed E-state index contributed by atoms with van der Waals surface area (Å²) in [7, 11) is 0. The molecular formula is C55H33N3S. The van der Waals surface area contributed by atoms with Crippen LogP contribution in [0.1, 0.15) is 0 Å². The minimum atomic E-state index is 1.01. The van der Waals surface area contributed by atoms with Gasteiger partial charge in [0.2, 0.25) is 0 Å². The monoisotopic (exact) mass is 767 g/mol. The second-order valence-corrected chi connectivity index (χ2v) is 16.6. The summed E-state index contributed by atoms with van der Waals surface area (Å²) in [6, 6.07) is 73.1. The van der Waals surface area contributed by atoms with Crippen LogP contribution in [0.4, 0.5) is 0 Å². The number of thiophene rings is 1. The van der Waals surface area contributed by atoms with Crippen LogP contribution in [-0.4, -0.2) is 14.0 Å². The van der Waals surface area contributed by atoms with Gasteiger partial charge in [0, 0.05) is 37.3 Å². The van der Waals surface area contributed by atoms with E-state index in [1.165, 1.54) is 85.8 Å². The third-order valence-corrected chi connectivity index (χ3v) is 13.5. The second kappa shape index (κ2) is 12.5. The average Bonchev–Trinajstić information content (AvgIpc) is 3.98. The maximum Gasteiger partial charge on any atom is 0.156 e. The van der Waals surface area contributed by atoms with Gasteiger partial charge in [-0.2, -0.15) is 0 Å². The lowest BCUT2D eigenvalue weighted by Gasteiger charge is -2.11. The van der Waals surface area contributed by atoms with Gasteiger partial charge in [0.25, 0.3) is 0 Å². The first-order valence-corrected chi connectivity index (χ1v) is 20.9. The fourth-order valence-electron chi connectivity index (χ4n) is 9.42. The Kier molecular flexibility index (Phi) is 6.89. The zero-order valence-electron chi connectivity index (χ0n) is 31.8. The highest BCUT2D eigenvalue weighted by atomic mass is 32.1. The predicted molar refractivity (Wildman–Crippen MR) is 251 cm³/mol. The van der Waals surface area contributed by atoms with Gasteiger partial charge in [0.1, 0.15) is 0 Å². The molecule has 274 valence electrons. The van der Waals surface area contributed by atoms with Crippen LogP contribution in [0.5, 0.6) is 0 Å². The number of aromatic nitrogens is 3. The molecule has 0 N–H and O–H groups in total. The quantitative estimate of drug-likeness (QED) is 0.175. The number of rotatable bonds is 4. The molecule has 0 aliphatic heterocycles. The Morgan fingerprint density at radius 1 is 0.373 bits per heavy atom. The van der Waals surface area contributed by atoms with Crippen LogP contribution < -0.4 is 0 Å². The van der Waals surface area contributed by atoms with E-state index in [4.69, 9.17) is 4.98 Å². The number of nitrogens with zero attached hydrogens (tertiary/aromatic N) is 3. The molecule has 13 rings (SSSR count). The van der Waals surface area contributed by atoms with E-state index >= 15 is 0 Å². The van der Waals surface area contributed by atoms with E-state index in [1.807, 2.05) is 11.3 Å². The lowest BCUT2D eigenvalue weighted by molar-refractivity contribution is 1.18. The molecule has 0 radical (unpaired) electrons. The number of hydrogen-bond acceptors (Lipinski definition) is 2. The second-order valence-electron chi connectivity index (χ2n) is 15.6. The Hall–Kier alpha value is -7.53. The molecule has 0 fully saturated rings. The number of fused-ring (bicyclic) bond motifs is 13. The summed E-state index contributed by atoms with van der Waals surface area (Å²) in [5, 5.41) is 9.99. The van der Waals surface area contributed by atoms with Crippen LogP contribution in [0.2, 0.25) is 0 Å². The summed E-state index contributed by atoms with van der Waals surface area (Å²) in [4.78, 5) is 5.43. The largest absolute Gasteiger partial charge is 0.309 e. The standard InChI is InChI=1S/C55H33N3S/c1-2-11-41-32-52-46(31-40(41)10-1)47-33-51(58-50-30-27-38-9-3-4-12-43(38)53(50)56-55(58)54(47)59-52)39-23-21-36(22-24-39)34-17-19-35(20-18-34)37-25-28-42(29-26-37)57-48-15-7-5-13-44(48)45-14-6-8-16-49(45)57/h1-33H. The topological polar surface area (TPSA) is 22.2 Å². The van der Waals surface area contributed by atoms with Crippen molar-refractivity contribution in [3.05, 3.63) is 200 Å². The molecule has 0 atom stereocenters. The van der Waals surface area contributed by atoms with E-state index in [-0.39, 0.29) is 0 Å². The lowest BCUT2D eigenvalue weighted by Crippen LogP contribution is -1.93. The fraction of sp³-hybridized carbons (Fsp3) is 0. The molecule has 0 saturated carbocycles. The molecule has 4 heterocycles. The van der Waals surface area contributed by atoms with E-state index < -0.39 is 0 Å². The van der Waals surface area contributed by atoms with E-state index in [2.05, 4.69) is 209 Å². The molecule has 3 nitrogen and oxygen atoms in total. The Labute approximate surface area is 343 Å². The molecular weight excluding hydrogens is 735 g/mol. The van der Waals surface area contributed by atoms with Gasteiger partial charge in [-0.05, 0) is 92.5 Å². The zero-order chi connectivity index (χ0) is 38.6. The molecule has 0 unspecified atom stereocenters. The van der Waals surface area contributed by atoms with Crippen LogP contribution in [0.25, 0.3) is 119 Å². The van der Waals surface area contributed by atoms with Crippen molar-refractivity contribution < 1.29 is 0 Å². The Morgan fingerprint density at radius 3 is 1.54 bits per heavy atom. The molecule has 0 aliphatic carbocycles. The van der Waals surface area contributed by atoms with Crippen LogP contribution in [-0.2, 0) is 0 Å². The van der Waals surface area contributed by atoms with Crippen molar-refractivity contribution in [1.29, 1.82) is 0 Å². The highest BCUT2D eigenvalue weighted by Gasteiger charge is 2.20. The summed E-state index contributed by atoms with van der Waals surface area (Å²) in [6.07, 6.45) is 0. The van der Waals surface area contributed by atoms with Gasteiger partial charge in [-0.1, -0.05) is 152 Å². The number of pyridine rings is 1. The van der Waals surface area contributed by atoms with Gasteiger partial charge < -0.3 is 4.57 Å². The maximum absolute atomic E-state index is 5.43. The Morgan fingerprint density at radius 2 is 0.898 bits per heavy atom. The summed E-state index contributed by atoms with van der Waals surface area (Å²) >= 11 is 1.85. The third kappa shape index (κ3) is 4.91. The van der Waals surface area contributed by atoms with Gasteiger partial charge in [0.05, 0.1) is 32.5 Å². The van der Waals surface area contributed by atoms with Crippen molar-refractivity contribution in [1.82, 2.24) is 14.0 Å². The molecule has 0 spiro atoms. The molecule has 0 amide bonds. The SMILES string of the molecule is c1ccc2cc3c(cc2c1)sc1c3cc(-c2ccc(-c3ccc(-c4ccc(-n5c6ccccc6c6ccccc65)cc4)cc3)cc2)n2c3ccc4ccccc4c3nc12. The van der Waals surface area contributed by atoms with Crippen molar-refractivity contribution in [3.63, 3.8) is 0 Å². The van der Waals surface area contributed by atoms with Gasteiger partial charge in [-0.25, -0.2) is 4.98 Å². The molecule has 0 bridgehead atoms. The average molecular weight is 768 g/mol. The fourth-order valence-corrected chi connectivity index (χ4v) is 10.6. The number of para-hydroxylation sites is 2. The molecule has 9 aromatic carbocycles. The van der Waals surface area contributed by atoms with Crippen molar-refractivity contribution >= 4 is 91.5 Å².